The molecule has 17 heavy (non-hydrogen) atoms. The van der Waals surface area contributed by atoms with Crippen molar-refractivity contribution in [2.24, 2.45) is 0 Å². The summed E-state index contributed by atoms with van der Waals surface area (Å²) in [6.07, 6.45) is 3.30. The Kier molecular flexibility index (Phi) is 2.68. The van der Waals surface area contributed by atoms with E-state index in [1.165, 1.54) is 6.42 Å². The molecule has 2 aliphatic rings. The van der Waals surface area contributed by atoms with Crippen molar-refractivity contribution in [2.45, 2.75) is 31.3 Å². The van der Waals surface area contributed by atoms with Crippen LogP contribution >= 0.6 is 0 Å². The number of aliphatic hydroxyl groups excluding tert-OH is 1. The third-order valence-corrected chi connectivity index (χ3v) is 3.75. The second kappa shape index (κ2) is 4.20. The molecule has 2 N–H and O–H groups in total. The van der Waals surface area contributed by atoms with Gasteiger partial charge in [0.2, 0.25) is 6.79 Å². The van der Waals surface area contributed by atoms with Gasteiger partial charge in [-0.2, -0.15) is 0 Å². The zero-order valence-electron chi connectivity index (χ0n) is 9.74. The van der Waals surface area contributed by atoms with E-state index in [4.69, 9.17) is 9.47 Å². The standard InChI is InChI=1S/C13H17NO3/c15-8-13(5-2-6-13)14-7-10-3-1-4-11-12(10)17-9-16-11/h1,3-4,14-15H,2,5-9H2. The summed E-state index contributed by atoms with van der Waals surface area (Å²) in [5.74, 6) is 1.66. The molecule has 1 aliphatic heterocycles. The van der Waals surface area contributed by atoms with Crippen molar-refractivity contribution in [3.8, 4) is 11.5 Å². The Bertz CT molecular complexity index is 410. The number of hydrogen-bond acceptors (Lipinski definition) is 4. The summed E-state index contributed by atoms with van der Waals surface area (Å²) in [4.78, 5) is 0. The largest absolute Gasteiger partial charge is 0.454 e. The zero-order valence-corrected chi connectivity index (χ0v) is 9.74. The molecule has 1 saturated carbocycles. The molecule has 1 aromatic carbocycles. The lowest BCUT2D eigenvalue weighted by Crippen LogP contribution is -2.53. The van der Waals surface area contributed by atoms with Crippen molar-refractivity contribution in [3.63, 3.8) is 0 Å². The predicted octanol–water partition coefficient (Wildman–Crippen LogP) is 1.42. The van der Waals surface area contributed by atoms with Crippen LogP contribution in [0.1, 0.15) is 24.8 Å². The Morgan fingerprint density at radius 3 is 2.88 bits per heavy atom. The van der Waals surface area contributed by atoms with Gasteiger partial charge < -0.3 is 19.9 Å². The molecule has 0 amide bonds. The minimum absolute atomic E-state index is 0.0673. The highest BCUT2D eigenvalue weighted by atomic mass is 16.7. The number of para-hydroxylation sites is 1. The second-order valence-electron chi connectivity index (χ2n) is 4.80. The summed E-state index contributed by atoms with van der Waals surface area (Å²) in [7, 11) is 0. The molecule has 1 fully saturated rings. The van der Waals surface area contributed by atoms with Gasteiger partial charge in [-0.1, -0.05) is 12.1 Å². The Morgan fingerprint density at radius 1 is 1.29 bits per heavy atom. The number of benzene rings is 1. The van der Waals surface area contributed by atoms with Gasteiger partial charge in [0, 0.05) is 17.6 Å². The van der Waals surface area contributed by atoms with Crippen molar-refractivity contribution in [1.29, 1.82) is 0 Å². The summed E-state index contributed by atoms with van der Waals surface area (Å²) in [5.41, 5.74) is 1.03. The molecule has 4 nitrogen and oxygen atoms in total. The van der Waals surface area contributed by atoms with Crippen LogP contribution in [0.15, 0.2) is 18.2 Å². The molecule has 0 bridgehead atoms. The van der Waals surface area contributed by atoms with Gasteiger partial charge in [-0.05, 0) is 25.3 Å². The maximum absolute atomic E-state index is 9.39. The number of fused-ring (bicyclic) bond motifs is 1. The first-order valence-electron chi connectivity index (χ1n) is 6.06. The third kappa shape index (κ3) is 1.87. The van der Waals surface area contributed by atoms with Gasteiger partial charge in [0.05, 0.1) is 6.61 Å². The van der Waals surface area contributed by atoms with Gasteiger partial charge in [-0.3, -0.25) is 0 Å². The van der Waals surface area contributed by atoms with Gasteiger partial charge >= 0.3 is 0 Å². The fourth-order valence-corrected chi connectivity index (χ4v) is 2.41. The van der Waals surface area contributed by atoms with Crippen LogP contribution in [0.25, 0.3) is 0 Å². The van der Waals surface area contributed by atoms with Crippen molar-refractivity contribution in [3.05, 3.63) is 23.8 Å². The van der Waals surface area contributed by atoms with Crippen LogP contribution in [0.3, 0.4) is 0 Å². The molecule has 1 aliphatic carbocycles. The van der Waals surface area contributed by atoms with E-state index in [9.17, 15) is 5.11 Å². The zero-order chi connectivity index (χ0) is 11.7. The lowest BCUT2D eigenvalue weighted by Gasteiger charge is -2.41. The van der Waals surface area contributed by atoms with Crippen LogP contribution in [-0.4, -0.2) is 24.0 Å². The van der Waals surface area contributed by atoms with Crippen molar-refractivity contribution in [2.75, 3.05) is 13.4 Å². The molecular formula is C13H17NO3. The van der Waals surface area contributed by atoms with Crippen LogP contribution in [0, 0.1) is 0 Å². The Balaban J connectivity index is 1.71. The molecule has 0 saturated heterocycles. The van der Waals surface area contributed by atoms with Gasteiger partial charge in [-0.25, -0.2) is 0 Å². The van der Waals surface area contributed by atoms with Crippen LogP contribution in [0.5, 0.6) is 11.5 Å². The molecule has 0 spiro atoms. The van der Waals surface area contributed by atoms with E-state index in [0.29, 0.717) is 13.3 Å². The summed E-state index contributed by atoms with van der Waals surface area (Å²) in [6, 6.07) is 5.91. The molecule has 0 radical (unpaired) electrons. The first kappa shape index (κ1) is 10.9. The molecule has 4 heteroatoms. The minimum Gasteiger partial charge on any atom is -0.454 e. The third-order valence-electron chi connectivity index (χ3n) is 3.75. The van der Waals surface area contributed by atoms with Gasteiger partial charge in [0.1, 0.15) is 0 Å². The van der Waals surface area contributed by atoms with Gasteiger partial charge in [0.25, 0.3) is 0 Å². The van der Waals surface area contributed by atoms with Crippen LogP contribution in [0.4, 0.5) is 0 Å². The highest BCUT2D eigenvalue weighted by molar-refractivity contribution is 5.48. The maximum Gasteiger partial charge on any atom is 0.231 e. The van der Waals surface area contributed by atoms with E-state index < -0.39 is 0 Å². The number of rotatable bonds is 4. The second-order valence-corrected chi connectivity index (χ2v) is 4.80. The first-order chi connectivity index (χ1) is 8.33. The Labute approximate surface area is 101 Å². The van der Waals surface area contributed by atoms with Gasteiger partial charge in [-0.15, -0.1) is 0 Å². The average molecular weight is 235 g/mol. The van der Waals surface area contributed by atoms with Crippen molar-refractivity contribution in [1.82, 2.24) is 5.32 Å². The number of aliphatic hydroxyl groups is 1. The lowest BCUT2D eigenvalue weighted by atomic mass is 9.77. The first-order valence-corrected chi connectivity index (χ1v) is 6.06. The van der Waals surface area contributed by atoms with Gasteiger partial charge in [0.15, 0.2) is 11.5 Å². The number of nitrogens with one attached hydrogen (secondary N) is 1. The SMILES string of the molecule is OCC1(NCc2cccc3c2OCO3)CCC1. The smallest absolute Gasteiger partial charge is 0.231 e. The maximum atomic E-state index is 9.39. The summed E-state index contributed by atoms with van der Waals surface area (Å²) in [5, 5.41) is 12.8. The summed E-state index contributed by atoms with van der Waals surface area (Å²) in [6.45, 7) is 1.23. The Morgan fingerprint density at radius 2 is 2.18 bits per heavy atom. The monoisotopic (exact) mass is 235 g/mol. The molecular weight excluding hydrogens is 218 g/mol. The predicted molar refractivity (Wildman–Crippen MR) is 63.1 cm³/mol. The van der Waals surface area contributed by atoms with Crippen molar-refractivity contribution < 1.29 is 14.6 Å². The number of hydrogen-bond donors (Lipinski definition) is 2. The normalized spacial score (nSPS) is 20.1. The van der Waals surface area contributed by atoms with Crippen LogP contribution in [-0.2, 0) is 6.54 Å². The average Bonchev–Trinajstić information content (AvgIpc) is 2.77. The van der Waals surface area contributed by atoms with Crippen molar-refractivity contribution >= 4 is 0 Å². The van der Waals surface area contributed by atoms with E-state index >= 15 is 0 Å². The quantitative estimate of drug-likeness (QED) is 0.828. The highest BCUT2D eigenvalue weighted by Gasteiger charge is 2.35. The van der Waals surface area contributed by atoms with Crippen LogP contribution in [0.2, 0.25) is 0 Å². The van der Waals surface area contributed by atoms with Crippen LogP contribution < -0.4 is 14.8 Å². The van der Waals surface area contributed by atoms with E-state index in [0.717, 1.165) is 29.9 Å². The Hall–Kier alpha value is -1.26. The topological polar surface area (TPSA) is 50.7 Å². The van der Waals surface area contributed by atoms with E-state index in [2.05, 4.69) is 5.32 Å². The molecule has 0 unspecified atom stereocenters. The molecule has 1 heterocycles. The molecule has 92 valence electrons. The van der Waals surface area contributed by atoms with E-state index in [1.807, 2.05) is 18.2 Å². The lowest BCUT2D eigenvalue weighted by molar-refractivity contribution is 0.0868. The van der Waals surface area contributed by atoms with E-state index in [1.54, 1.807) is 0 Å². The fourth-order valence-electron chi connectivity index (χ4n) is 2.41. The highest BCUT2D eigenvalue weighted by Crippen LogP contribution is 2.36. The molecule has 0 aromatic heterocycles. The fraction of sp³-hybridized carbons (Fsp3) is 0.538. The minimum atomic E-state index is -0.0673. The molecule has 1 aromatic rings. The summed E-state index contributed by atoms with van der Waals surface area (Å²) >= 11 is 0. The number of ether oxygens (including phenoxy) is 2. The molecule has 3 rings (SSSR count). The molecule has 0 atom stereocenters. The summed E-state index contributed by atoms with van der Waals surface area (Å²) < 4.78 is 10.8. The van der Waals surface area contributed by atoms with E-state index in [-0.39, 0.29) is 12.1 Å².